The van der Waals surface area contributed by atoms with Crippen LogP contribution in [0, 0.1) is 5.82 Å². The summed E-state index contributed by atoms with van der Waals surface area (Å²) in [5.74, 6) is -0.689. The summed E-state index contributed by atoms with van der Waals surface area (Å²) in [6, 6.07) is 4.67. The number of rotatable bonds is 4. The highest BCUT2D eigenvalue weighted by Crippen LogP contribution is 2.25. The van der Waals surface area contributed by atoms with Gasteiger partial charge in [0, 0.05) is 25.2 Å². The van der Waals surface area contributed by atoms with Gasteiger partial charge in [-0.3, -0.25) is 19.1 Å². The number of carbonyl (C=O) groups excluding carboxylic acids is 1. The molecule has 4 rings (SSSR count). The van der Waals surface area contributed by atoms with E-state index in [0.29, 0.717) is 11.6 Å². The Balaban J connectivity index is 1.36. The van der Waals surface area contributed by atoms with Crippen molar-refractivity contribution in [3.05, 3.63) is 40.7 Å². The largest absolute Gasteiger partial charge is 0.350 e. The third kappa shape index (κ3) is 4.24. The predicted molar refractivity (Wildman–Crippen MR) is 106 cm³/mol. The Kier molecular flexibility index (Phi) is 5.71. The second kappa shape index (κ2) is 8.39. The number of hydrogen-bond acceptors (Lipinski definition) is 4. The van der Waals surface area contributed by atoms with E-state index in [1.54, 1.807) is 0 Å². The molecule has 1 atom stereocenters. The van der Waals surface area contributed by atoms with Crippen LogP contribution in [0.4, 0.5) is 4.39 Å². The van der Waals surface area contributed by atoms with Gasteiger partial charge in [0.25, 0.3) is 5.56 Å². The van der Waals surface area contributed by atoms with Gasteiger partial charge in [0.1, 0.15) is 12.4 Å². The highest BCUT2D eigenvalue weighted by Gasteiger charge is 2.29. The van der Waals surface area contributed by atoms with Gasteiger partial charge in [-0.15, -0.1) is 0 Å². The second-order valence-corrected chi connectivity index (χ2v) is 8.03. The number of amides is 1. The molecule has 1 saturated carbocycles. The van der Waals surface area contributed by atoms with Crippen LogP contribution in [0.15, 0.2) is 29.3 Å². The minimum Gasteiger partial charge on any atom is -0.350 e. The molecule has 1 N–H and O–H groups in total. The van der Waals surface area contributed by atoms with Gasteiger partial charge in [-0.2, -0.15) is 0 Å². The fourth-order valence-electron chi connectivity index (χ4n) is 4.53. The molecular weight excluding hydrogens is 359 g/mol. The number of carbonyl (C=O) groups is 1. The van der Waals surface area contributed by atoms with E-state index in [9.17, 15) is 14.0 Å². The molecule has 28 heavy (non-hydrogen) atoms. The zero-order valence-corrected chi connectivity index (χ0v) is 16.1. The van der Waals surface area contributed by atoms with Crippen molar-refractivity contribution in [1.29, 1.82) is 0 Å². The molecule has 1 aliphatic heterocycles. The van der Waals surface area contributed by atoms with Gasteiger partial charge >= 0.3 is 0 Å². The van der Waals surface area contributed by atoms with Crippen molar-refractivity contribution in [3.63, 3.8) is 0 Å². The zero-order chi connectivity index (χ0) is 19.5. The van der Waals surface area contributed by atoms with E-state index in [2.05, 4.69) is 15.2 Å². The molecule has 1 unspecified atom stereocenters. The van der Waals surface area contributed by atoms with Gasteiger partial charge in [-0.25, -0.2) is 9.37 Å². The molecule has 1 aromatic heterocycles. The van der Waals surface area contributed by atoms with Crippen molar-refractivity contribution in [2.45, 2.75) is 63.6 Å². The maximum Gasteiger partial charge on any atom is 0.261 e. The van der Waals surface area contributed by atoms with Crippen LogP contribution in [0.5, 0.6) is 0 Å². The molecule has 6 nitrogen and oxygen atoms in total. The van der Waals surface area contributed by atoms with E-state index >= 15 is 0 Å². The van der Waals surface area contributed by atoms with Crippen molar-refractivity contribution in [2.75, 3.05) is 13.1 Å². The topological polar surface area (TPSA) is 67.2 Å². The average Bonchev–Trinajstić information content (AvgIpc) is 2.97. The van der Waals surface area contributed by atoms with Crippen LogP contribution in [0.1, 0.15) is 44.9 Å². The molecule has 0 spiro atoms. The summed E-state index contributed by atoms with van der Waals surface area (Å²) >= 11 is 0. The Morgan fingerprint density at radius 2 is 1.96 bits per heavy atom. The fraction of sp³-hybridized carbons (Fsp3) is 0.571. The Labute approximate surface area is 163 Å². The van der Waals surface area contributed by atoms with Crippen molar-refractivity contribution in [1.82, 2.24) is 19.8 Å². The Morgan fingerprint density at radius 3 is 2.75 bits per heavy atom. The van der Waals surface area contributed by atoms with E-state index in [-0.39, 0.29) is 23.9 Å². The lowest BCUT2D eigenvalue weighted by molar-refractivity contribution is -0.122. The summed E-state index contributed by atoms with van der Waals surface area (Å²) < 4.78 is 14.7. The first-order valence-electron chi connectivity index (χ1n) is 10.3. The normalized spacial score (nSPS) is 21.7. The van der Waals surface area contributed by atoms with E-state index in [0.717, 1.165) is 19.5 Å². The third-order valence-corrected chi connectivity index (χ3v) is 6.03. The fourth-order valence-corrected chi connectivity index (χ4v) is 4.53. The van der Waals surface area contributed by atoms with Crippen LogP contribution < -0.4 is 10.9 Å². The van der Waals surface area contributed by atoms with Gasteiger partial charge in [0.2, 0.25) is 5.91 Å². The molecule has 0 radical (unpaired) electrons. The number of halogens is 1. The quantitative estimate of drug-likeness (QED) is 0.820. The number of hydrogen-bond donors (Lipinski definition) is 1. The van der Waals surface area contributed by atoms with Crippen molar-refractivity contribution in [2.24, 2.45) is 0 Å². The molecule has 2 heterocycles. The van der Waals surface area contributed by atoms with E-state index in [1.165, 1.54) is 67.6 Å². The Hall–Kier alpha value is -2.28. The first-order valence-corrected chi connectivity index (χ1v) is 10.3. The van der Waals surface area contributed by atoms with Gasteiger partial charge in [0.15, 0.2) is 0 Å². The lowest BCUT2D eigenvalue weighted by Crippen LogP contribution is -2.42. The van der Waals surface area contributed by atoms with Gasteiger partial charge in [-0.1, -0.05) is 25.7 Å². The number of nitrogens with one attached hydrogen (secondary N) is 1. The van der Waals surface area contributed by atoms with E-state index in [4.69, 9.17) is 0 Å². The molecule has 0 bridgehead atoms. The molecule has 1 aliphatic carbocycles. The second-order valence-electron chi connectivity index (χ2n) is 8.03. The van der Waals surface area contributed by atoms with E-state index in [1.807, 2.05) is 0 Å². The van der Waals surface area contributed by atoms with Crippen LogP contribution in [0.25, 0.3) is 10.9 Å². The maximum atomic E-state index is 13.4. The highest BCUT2D eigenvalue weighted by molar-refractivity contribution is 5.79. The van der Waals surface area contributed by atoms with Crippen LogP contribution >= 0.6 is 0 Å². The lowest BCUT2D eigenvalue weighted by Gasteiger charge is -2.26. The van der Waals surface area contributed by atoms with Crippen LogP contribution in [-0.2, 0) is 11.3 Å². The summed E-state index contributed by atoms with van der Waals surface area (Å²) in [6.07, 6.45) is 10.1. The molecule has 7 heteroatoms. The number of fused-ring (bicyclic) bond motifs is 1. The minimum atomic E-state index is -0.488. The molecule has 1 aromatic carbocycles. The minimum absolute atomic E-state index is 0.0990. The first kappa shape index (κ1) is 19.1. The summed E-state index contributed by atoms with van der Waals surface area (Å²) in [4.78, 5) is 31.7. The Morgan fingerprint density at radius 1 is 1.18 bits per heavy atom. The molecule has 1 amide bonds. The Bertz CT molecular complexity index is 905. The van der Waals surface area contributed by atoms with Gasteiger partial charge in [-0.05, 0) is 37.5 Å². The smallest absolute Gasteiger partial charge is 0.261 e. The van der Waals surface area contributed by atoms with Gasteiger partial charge < -0.3 is 5.32 Å². The van der Waals surface area contributed by atoms with Crippen LogP contribution in [0.2, 0.25) is 0 Å². The average molecular weight is 386 g/mol. The third-order valence-electron chi connectivity index (χ3n) is 6.03. The van der Waals surface area contributed by atoms with Crippen LogP contribution in [0.3, 0.4) is 0 Å². The lowest BCUT2D eigenvalue weighted by atomic mass is 10.1. The maximum absolute atomic E-state index is 13.4. The van der Waals surface area contributed by atoms with Crippen molar-refractivity contribution < 1.29 is 9.18 Å². The molecule has 2 fully saturated rings. The number of benzene rings is 1. The number of likely N-dealkylation sites (tertiary alicyclic amines) is 1. The monoisotopic (exact) mass is 386 g/mol. The SMILES string of the molecule is O=C(Cn1cnc2ccc(F)cc2c1=O)NC1CCN(C2CCCCCC2)C1. The summed E-state index contributed by atoms with van der Waals surface area (Å²) in [7, 11) is 0. The molecule has 150 valence electrons. The number of nitrogens with zero attached hydrogens (tertiary/aromatic N) is 3. The van der Waals surface area contributed by atoms with Gasteiger partial charge in [0.05, 0.1) is 17.2 Å². The summed E-state index contributed by atoms with van der Waals surface area (Å²) in [5.41, 5.74) is 0.0315. The van der Waals surface area contributed by atoms with Crippen molar-refractivity contribution >= 4 is 16.8 Å². The predicted octanol–water partition coefficient (Wildman–Crippen LogP) is 2.45. The standard InChI is InChI=1S/C21H27FN4O2/c22-15-7-8-19-18(11-15)21(28)26(14-23-19)13-20(27)24-16-9-10-25(12-16)17-5-3-1-2-4-6-17/h7-8,11,14,16-17H,1-6,9-10,12-13H2,(H,24,27). The highest BCUT2D eigenvalue weighted by atomic mass is 19.1. The first-order chi connectivity index (χ1) is 13.6. The molecule has 2 aliphatic rings. The summed E-state index contributed by atoms with van der Waals surface area (Å²) in [6.45, 7) is 1.80. The number of aromatic nitrogens is 2. The molecule has 2 aromatic rings. The van der Waals surface area contributed by atoms with E-state index < -0.39 is 11.4 Å². The molecular formula is C21H27FN4O2. The molecule has 1 saturated heterocycles. The zero-order valence-electron chi connectivity index (χ0n) is 16.1. The van der Waals surface area contributed by atoms with Crippen molar-refractivity contribution in [3.8, 4) is 0 Å². The van der Waals surface area contributed by atoms with Crippen LogP contribution in [-0.4, -0.2) is 45.5 Å². The summed E-state index contributed by atoms with van der Waals surface area (Å²) in [5, 5.41) is 3.25.